The first-order valence-electron chi connectivity index (χ1n) is 5.65. The Morgan fingerprint density at radius 1 is 1.26 bits per heavy atom. The smallest absolute Gasteiger partial charge is 0.256 e. The highest BCUT2D eigenvalue weighted by atomic mass is 127. The molecule has 0 aliphatic heterocycles. The van der Waals surface area contributed by atoms with Crippen LogP contribution in [-0.2, 0) is 6.54 Å². The first-order valence-corrected chi connectivity index (χ1v) is 7.53. The molecule has 2 rings (SSSR count). The Morgan fingerprint density at radius 2 is 2.05 bits per heavy atom. The number of benzene rings is 2. The summed E-state index contributed by atoms with van der Waals surface area (Å²) in [5.41, 5.74) is 7.93. The van der Waals surface area contributed by atoms with Gasteiger partial charge in [-0.15, -0.1) is 0 Å². The molecule has 3 nitrogen and oxygen atoms in total. The van der Waals surface area contributed by atoms with Crippen molar-refractivity contribution in [3.8, 4) is 0 Å². The van der Waals surface area contributed by atoms with Crippen LogP contribution in [0.3, 0.4) is 0 Å². The number of hydrogen-bond donors (Lipinski definition) is 2. The number of rotatable bonds is 3. The summed E-state index contributed by atoms with van der Waals surface area (Å²) in [5.74, 6) is -0.139. The van der Waals surface area contributed by atoms with Gasteiger partial charge < -0.3 is 11.1 Å². The Balaban J connectivity index is 2.23. The molecule has 0 fully saturated rings. The molecule has 0 atom stereocenters. The molecular formula is C14H12BrIN2O. The van der Waals surface area contributed by atoms with Gasteiger partial charge >= 0.3 is 0 Å². The van der Waals surface area contributed by atoms with Gasteiger partial charge in [0.05, 0.1) is 5.56 Å². The molecular weight excluding hydrogens is 419 g/mol. The van der Waals surface area contributed by atoms with Gasteiger partial charge in [0.25, 0.3) is 5.91 Å². The van der Waals surface area contributed by atoms with E-state index in [1.54, 1.807) is 0 Å². The zero-order valence-electron chi connectivity index (χ0n) is 9.99. The maximum atomic E-state index is 12.2. The third-order valence-electron chi connectivity index (χ3n) is 2.59. The van der Waals surface area contributed by atoms with Crippen molar-refractivity contribution in [2.45, 2.75) is 6.54 Å². The number of halogens is 2. The second kappa shape index (κ2) is 6.49. The molecule has 2 aromatic rings. The van der Waals surface area contributed by atoms with Crippen LogP contribution in [0.4, 0.5) is 5.69 Å². The van der Waals surface area contributed by atoms with E-state index in [1.165, 1.54) is 0 Å². The van der Waals surface area contributed by atoms with Gasteiger partial charge in [-0.1, -0.05) is 12.1 Å². The van der Waals surface area contributed by atoms with E-state index in [4.69, 9.17) is 5.73 Å². The summed E-state index contributed by atoms with van der Waals surface area (Å²) < 4.78 is 1.79. The molecule has 0 saturated heterocycles. The van der Waals surface area contributed by atoms with Crippen LogP contribution in [0.1, 0.15) is 15.9 Å². The predicted octanol–water partition coefficient (Wildman–Crippen LogP) is 3.76. The third kappa shape index (κ3) is 3.77. The lowest BCUT2D eigenvalue weighted by atomic mass is 10.2. The molecule has 2 aromatic carbocycles. The summed E-state index contributed by atoms with van der Waals surface area (Å²) >= 11 is 5.57. The lowest BCUT2D eigenvalue weighted by Gasteiger charge is -2.08. The Kier molecular flexibility index (Phi) is 4.95. The first-order chi connectivity index (χ1) is 9.10. The molecule has 0 radical (unpaired) electrons. The summed E-state index contributed by atoms with van der Waals surface area (Å²) in [6.07, 6.45) is 0. The van der Waals surface area contributed by atoms with Gasteiger partial charge in [0.1, 0.15) is 0 Å². The Morgan fingerprint density at radius 3 is 2.79 bits per heavy atom. The number of anilines is 1. The van der Waals surface area contributed by atoms with Crippen molar-refractivity contribution in [1.82, 2.24) is 0 Å². The predicted molar refractivity (Wildman–Crippen MR) is 89.1 cm³/mol. The number of hydrogen-bond acceptors (Lipinski definition) is 2. The van der Waals surface area contributed by atoms with Crippen molar-refractivity contribution in [2.24, 2.45) is 5.73 Å². The minimum Gasteiger partial charge on any atom is -0.326 e. The van der Waals surface area contributed by atoms with Crippen molar-refractivity contribution in [3.63, 3.8) is 0 Å². The number of carbonyl (C=O) groups is 1. The molecule has 98 valence electrons. The van der Waals surface area contributed by atoms with Gasteiger partial charge in [0, 0.05) is 20.3 Å². The van der Waals surface area contributed by atoms with E-state index >= 15 is 0 Å². The van der Waals surface area contributed by atoms with Crippen LogP contribution in [0, 0.1) is 3.57 Å². The Hall–Kier alpha value is -0.920. The second-order valence-electron chi connectivity index (χ2n) is 3.98. The Bertz CT molecular complexity index is 616. The average Bonchev–Trinajstić information content (AvgIpc) is 2.41. The van der Waals surface area contributed by atoms with Crippen molar-refractivity contribution in [3.05, 3.63) is 61.6 Å². The number of nitrogens with one attached hydrogen (secondary N) is 1. The minimum atomic E-state index is -0.139. The number of nitrogens with two attached hydrogens (primary N) is 1. The maximum Gasteiger partial charge on any atom is 0.256 e. The molecule has 3 N–H and O–H groups in total. The average molecular weight is 431 g/mol. The van der Waals surface area contributed by atoms with Gasteiger partial charge in [0.2, 0.25) is 0 Å². The van der Waals surface area contributed by atoms with Crippen LogP contribution in [0.2, 0.25) is 0 Å². The minimum absolute atomic E-state index is 0.139. The fourth-order valence-corrected chi connectivity index (χ4v) is 2.56. The van der Waals surface area contributed by atoms with Crippen molar-refractivity contribution in [1.29, 1.82) is 0 Å². The fraction of sp³-hybridized carbons (Fsp3) is 0.0714. The summed E-state index contributed by atoms with van der Waals surface area (Å²) in [6, 6.07) is 13.2. The summed E-state index contributed by atoms with van der Waals surface area (Å²) in [6.45, 7) is 0.455. The topological polar surface area (TPSA) is 55.1 Å². The van der Waals surface area contributed by atoms with Crippen LogP contribution >= 0.6 is 38.5 Å². The van der Waals surface area contributed by atoms with E-state index in [2.05, 4.69) is 43.8 Å². The van der Waals surface area contributed by atoms with E-state index in [0.29, 0.717) is 12.1 Å². The first kappa shape index (κ1) is 14.5. The molecule has 5 heteroatoms. The summed E-state index contributed by atoms with van der Waals surface area (Å²) in [7, 11) is 0. The van der Waals surface area contributed by atoms with E-state index in [1.807, 2.05) is 42.5 Å². The van der Waals surface area contributed by atoms with Crippen LogP contribution in [-0.4, -0.2) is 5.91 Å². The van der Waals surface area contributed by atoms with Gasteiger partial charge in [0.15, 0.2) is 0 Å². The molecule has 0 unspecified atom stereocenters. The molecule has 1 amide bonds. The zero-order valence-corrected chi connectivity index (χ0v) is 13.7. The monoisotopic (exact) mass is 430 g/mol. The molecule has 0 heterocycles. The van der Waals surface area contributed by atoms with Crippen LogP contribution in [0.25, 0.3) is 0 Å². The number of carbonyl (C=O) groups excluding carboxylic acids is 1. The summed E-state index contributed by atoms with van der Waals surface area (Å²) in [4.78, 5) is 12.2. The lowest BCUT2D eigenvalue weighted by Crippen LogP contribution is -2.13. The van der Waals surface area contributed by atoms with E-state index in [-0.39, 0.29) is 5.91 Å². The van der Waals surface area contributed by atoms with Gasteiger partial charge in [-0.05, 0) is 74.4 Å². The largest absolute Gasteiger partial charge is 0.326 e. The normalized spacial score (nSPS) is 10.3. The summed E-state index contributed by atoms with van der Waals surface area (Å²) in [5, 5.41) is 2.87. The van der Waals surface area contributed by atoms with Crippen LogP contribution < -0.4 is 11.1 Å². The van der Waals surface area contributed by atoms with Crippen LogP contribution in [0.5, 0.6) is 0 Å². The lowest BCUT2D eigenvalue weighted by molar-refractivity contribution is 0.102. The van der Waals surface area contributed by atoms with Crippen molar-refractivity contribution >= 4 is 50.1 Å². The van der Waals surface area contributed by atoms with Gasteiger partial charge in [-0.25, -0.2) is 0 Å². The highest BCUT2D eigenvalue weighted by molar-refractivity contribution is 14.1. The standard InChI is InChI=1S/C14H12BrIN2O/c15-13-5-4-10(16)7-12(13)14(19)18-11-3-1-2-9(6-11)8-17/h1-7H,8,17H2,(H,18,19). The van der Waals surface area contributed by atoms with E-state index in [9.17, 15) is 4.79 Å². The quantitative estimate of drug-likeness (QED) is 0.728. The molecule has 19 heavy (non-hydrogen) atoms. The molecule has 0 aliphatic rings. The number of amides is 1. The van der Waals surface area contributed by atoms with Crippen LogP contribution in [0.15, 0.2) is 46.9 Å². The molecule has 0 spiro atoms. The molecule has 0 saturated carbocycles. The third-order valence-corrected chi connectivity index (χ3v) is 3.96. The highest BCUT2D eigenvalue weighted by Gasteiger charge is 2.10. The molecule has 0 bridgehead atoms. The van der Waals surface area contributed by atoms with Crippen molar-refractivity contribution in [2.75, 3.05) is 5.32 Å². The second-order valence-corrected chi connectivity index (χ2v) is 6.08. The zero-order chi connectivity index (χ0) is 13.8. The van der Waals surface area contributed by atoms with E-state index < -0.39 is 0 Å². The molecule has 0 aromatic heterocycles. The van der Waals surface area contributed by atoms with Gasteiger partial charge in [-0.2, -0.15) is 0 Å². The van der Waals surface area contributed by atoms with Crippen molar-refractivity contribution < 1.29 is 4.79 Å². The maximum absolute atomic E-state index is 12.2. The Labute approximate surface area is 133 Å². The SMILES string of the molecule is NCc1cccc(NC(=O)c2cc(I)ccc2Br)c1. The molecule has 0 aliphatic carbocycles. The highest BCUT2D eigenvalue weighted by Crippen LogP contribution is 2.21. The van der Waals surface area contributed by atoms with E-state index in [0.717, 1.165) is 19.3 Å². The van der Waals surface area contributed by atoms with Gasteiger partial charge in [-0.3, -0.25) is 4.79 Å². The fourth-order valence-electron chi connectivity index (χ4n) is 1.65.